The number of imidazole rings is 1. The van der Waals surface area contributed by atoms with Crippen LogP contribution >= 0.6 is 11.3 Å². The first kappa shape index (κ1) is 14.3. The summed E-state index contributed by atoms with van der Waals surface area (Å²) in [7, 11) is 1.60. The molecule has 3 aromatic rings. The predicted molar refractivity (Wildman–Crippen MR) is 85.9 cm³/mol. The molecule has 0 aliphatic rings. The van der Waals surface area contributed by atoms with Gasteiger partial charge in [-0.15, -0.1) is 11.3 Å². The van der Waals surface area contributed by atoms with Gasteiger partial charge in [-0.05, 0) is 24.6 Å². The van der Waals surface area contributed by atoms with Crippen molar-refractivity contribution in [3.8, 4) is 5.75 Å². The summed E-state index contributed by atoms with van der Waals surface area (Å²) in [5.74, 6) is 0.449. The maximum absolute atomic E-state index is 12.2. The number of aryl methyl sites for hydroxylation is 1. The van der Waals surface area contributed by atoms with Gasteiger partial charge in [-0.25, -0.2) is 10.4 Å². The van der Waals surface area contributed by atoms with E-state index in [1.807, 2.05) is 35.8 Å². The molecule has 0 spiro atoms. The van der Waals surface area contributed by atoms with Crippen LogP contribution in [-0.4, -0.2) is 28.6 Å². The van der Waals surface area contributed by atoms with Crippen LogP contribution in [0, 0.1) is 6.92 Å². The molecule has 112 valence electrons. The number of nitrogens with one attached hydrogen (secondary N) is 1. The quantitative estimate of drug-likeness (QED) is 0.594. The first-order chi connectivity index (χ1) is 10.7. The van der Waals surface area contributed by atoms with Gasteiger partial charge in [-0.1, -0.05) is 12.1 Å². The van der Waals surface area contributed by atoms with Crippen molar-refractivity contribution in [1.82, 2.24) is 14.8 Å². The van der Waals surface area contributed by atoms with Crippen molar-refractivity contribution in [2.45, 2.75) is 6.92 Å². The highest BCUT2D eigenvalue weighted by Gasteiger charge is 2.16. The van der Waals surface area contributed by atoms with Crippen molar-refractivity contribution in [3.63, 3.8) is 0 Å². The summed E-state index contributed by atoms with van der Waals surface area (Å²) >= 11 is 1.48. The summed E-state index contributed by atoms with van der Waals surface area (Å²) in [6, 6.07) is 7.41. The number of carbonyl (C=O) groups excluding carboxylic acids is 1. The Morgan fingerprint density at radius 2 is 2.36 bits per heavy atom. The van der Waals surface area contributed by atoms with E-state index in [0.717, 1.165) is 16.3 Å². The third kappa shape index (κ3) is 2.71. The lowest BCUT2D eigenvalue weighted by molar-refractivity contribution is 0.0948. The van der Waals surface area contributed by atoms with Crippen LogP contribution in [0.3, 0.4) is 0 Å². The molecule has 0 aliphatic carbocycles. The Bertz CT molecular complexity index is 850. The van der Waals surface area contributed by atoms with Gasteiger partial charge in [0.25, 0.3) is 5.91 Å². The molecule has 0 atom stereocenters. The first-order valence-corrected chi connectivity index (χ1v) is 7.46. The zero-order valence-electron chi connectivity index (χ0n) is 12.1. The van der Waals surface area contributed by atoms with E-state index in [2.05, 4.69) is 15.5 Å². The number of amides is 1. The Morgan fingerprint density at radius 1 is 1.50 bits per heavy atom. The molecule has 22 heavy (non-hydrogen) atoms. The van der Waals surface area contributed by atoms with Crippen LogP contribution < -0.4 is 10.2 Å². The van der Waals surface area contributed by atoms with Crippen molar-refractivity contribution in [2.24, 2.45) is 5.10 Å². The van der Waals surface area contributed by atoms with E-state index in [1.54, 1.807) is 24.6 Å². The van der Waals surface area contributed by atoms with Crippen molar-refractivity contribution < 1.29 is 9.53 Å². The Hall–Kier alpha value is -2.67. The number of methoxy groups -OCH3 is 1. The zero-order chi connectivity index (χ0) is 15.5. The molecular weight excluding hydrogens is 300 g/mol. The summed E-state index contributed by atoms with van der Waals surface area (Å²) in [6.07, 6.45) is 3.39. The van der Waals surface area contributed by atoms with Crippen LogP contribution in [0.1, 0.15) is 21.7 Å². The van der Waals surface area contributed by atoms with E-state index in [-0.39, 0.29) is 5.91 Å². The predicted octanol–water partition coefficient (Wildman–Crippen LogP) is 2.48. The average molecular weight is 314 g/mol. The second kappa shape index (κ2) is 5.98. The third-order valence-electron chi connectivity index (χ3n) is 3.13. The Labute approximate surface area is 131 Å². The molecule has 1 N–H and O–H groups in total. The number of rotatable bonds is 4. The Kier molecular flexibility index (Phi) is 3.88. The highest BCUT2D eigenvalue weighted by Crippen LogP contribution is 2.16. The number of hydrogen-bond acceptors (Lipinski definition) is 5. The molecule has 3 rings (SSSR count). The number of ether oxygens (including phenoxy) is 1. The van der Waals surface area contributed by atoms with Crippen LogP contribution in [0.2, 0.25) is 0 Å². The van der Waals surface area contributed by atoms with Gasteiger partial charge in [0.15, 0.2) is 4.96 Å². The van der Waals surface area contributed by atoms with Crippen molar-refractivity contribution >= 4 is 28.4 Å². The van der Waals surface area contributed by atoms with Gasteiger partial charge in [-0.2, -0.15) is 5.10 Å². The molecule has 1 amide bonds. The minimum Gasteiger partial charge on any atom is -0.497 e. The highest BCUT2D eigenvalue weighted by atomic mass is 32.1. The van der Waals surface area contributed by atoms with Gasteiger partial charge in [0.2, 0.25) is 0 Å². The number of thiazole rings is 1. The van der Waals surface area contributed by atoms with E-state index >= 15 is 0 Å². The van der Waals surface area contributed by atoms with Gasteiger partial charge in [-0.3, -0.25) is 9.20 Å². The standard InChI is InChI=1S/C15H14N4O2S/c1-10-13(19-6-7-22-15(19)17-10)14(20)18-16-9-11-4-3-5-12(8-11)21-2/h3-9H,1-2H3,(H,18,20)/b16-9-. The normalized spacial score (nSPS) is 11.2. The molecule has 0 fully saturated rings. The molecule has 0 radical (unpaired) electrons. The molecule has 1 aromatic carbocycles. The van der Waals surface area contributed by atoms with Crippen LogP contribution in [0.5, 0.6) is 5.75 Å². The van der Waals surface area contributed by atoms with Gasteiger partial charge in [0.1, 0.15) is 11.4 Å². The van der Waals surface area contributed by atoms with Gasteiger partial charge in [0, 0.05) is 11.6 Å². The van der Waals surface area contributed by atoms with Crippen LogP contribution in [0.25, 0.3) is 4.96 Å². The Morgan fingerprint density at radius 3 is 3.18 bits per heavy atom. The summed E-state index contributed by atoms with van der Waals surface area (Å²) in [4.78, 5) is 17.4. The molecule has 0 saturated heterocycles. The monoisotopic (exact) mass is 314 g/mol. The second-order valence-corrected chi connectivity index (χ2v) is 5.45. The molecule has 7 heteroatoms. The largest absolute Gasteiger partial charge is 0.497 e. The number of benzene rings is 1. The van der Waals surface area contributed by atoms with Gasteiger partial charge >= 0.3 is 0 Å². The minimum absolute atomic E-state index is 0.289. The summed E-state index contributed by atoms with van der Waals surface area (Å²) in [6.45, 7) is 1.81. The number of hydrazone groups is 1. The molecule has 6 nitrogen and oxygen atoms in total. The molecule has 0 saturated carbocycles. The molecule has 0 aliphatic heterocycles. The maximum Gasteiger partial charge on any atom is 0.290 e. The topological polar surface area (TPSA) is 68.0 Å². The van der Waals surface area contributed by atoms with Gasteiger partial charge < -0.3 is 4.74 Å². The highest BCUT2D eigenvalue weighted by molar-refractivity contribution is 7.15. The molecule has 0 unspecified atom stereocenters. The fourth-order valence-electron chi connectivity index (χ4n) is 2.11. The van der Waals surface area contributed by atoms with Crippen molar-refractivity contribution in [1.29, 1.82) is 0 Å². The van der Waals surface area contributed by atoms with E-state index in [4.69, 9.17) is 4.74 Å². The summed E-state index contributed by atoms with van der Waals surface area (Å²) < 4.78 is 6.90. The zero-order valence-corrected chi connectivity index (χ0v) is 12.9. The molecule has 0 bridgehead atoms. The fraction of sp³-hybridized carbons (Fsp3) is 0.133. The van der Waals surface area contributed by atoms with Gasteiger partial charge in [0.05, 0.1) is 19.0 Å². The van der Waals surface area contributed by atoms with Crippen LogP contribution in [0.4, 0.5) is 0 Å². The first-order valence-electron chi connectivity index (χ1n) is 6.58. The number of aromatic nitrogens is 2. The smallest absolute Gasteiger partial charge is 0.290 e. The van der Waals surface area contributed by atoms with E-state index in [1.165, 1.54) is 11.3 Å². The van der Waals surface area contributed by atoms with E-state index in [9.17, 15) is 4.79 Å². The van der Waals surface area contributed by atoms with E-state index < -0.39 is 0 Å². The van der Waals surface area contributed by atoms with E-state index in [0.29, 0.717) is 11.4 Å². The number of hydrogen-bond donors (Lipinski definition) is 1. The summed E-state index contributed by atoms with van der Waals surface area (Å²) in [5.41, 5.74) is 4.55. The van der Waals surface area contributed by atoms with Crippen LogP contribution in [-0.2, 0) is 0 Å². The maximum atomic E-state index is 12.2. The fourth-order valence-corrected chi connectivity index (χ4v) is 2.87. The molecule has 2 heterocycles. The number of nitrogens with zero attached hydrogens (tertiary/aromatic N) is 3. The summed E-state index contributed by atoms with van der Waals surface area (Å²) in [5, 5.41) is 5.87. The SMILES string of the molecule is COc1cccc(/C=N\NC(=O)c2c(C)nc3sccn23)c1. The lowest BCUT2D eigenvalue weighted by Gasteiger charge is -2.01. The number of fused-ring (bicyclic) bond motifs is 1. The Balaban J connectivity index is 1.75. The second-order valence-electron chi connectivity index (χ2n) is 4.58. The minimum atomic E-state index is -0.289. The lowest BCUT2D eigenvalue weighted by Crippen LogP contribution is -2.20. The molecule has 2 aromatic heterocycles. The van der Waals surface area contributed by atoms with Crippen molar-refractivity contribution in [3.05, 3.63) is 52.8 Å². The van der Waals surface area contributed by atoms with Crippen molar-refractivity contribution in [2.75, 3.05) is 7.11 Å². The average Bonchev–Trinajstić information content (AvgIpc) is 3.07. The molecular formula is C15H14N4O2S. The third-order valence-corrected chi connectivity index (χ3v) is 3.88. The lowest BCUT2D eigenvalue weighted by atomic mass is 10.2. The van der Waals surface area contributed by atoms with Crippen LogP contribution in [0.15, 0.2) is 40.9 Å². The number of carbonyl (C=O) groups is 1.